The quantitative estimate of drug-likeness (QED) is 0.913. The molecule has 6 heteroatoms. The van der Waals surface area contributed by atoms with Crippen LogP contribution >= 0.6 is 0 Å². The molecule has 4 rings (SSSR count). The van der Waals surface area contributed by atoms with Crippen LogP contribution in [0.3, 0.4) is 0 Å². The number of aromatic amines is 1. The van der Waals surface area contributed by atoms with Gasteiger partial charge in [-0.15, -0.1) is 0 Å². The largest absolute Gasteiger partial charge is 0.368 e. The van der Waals surface area contributed by atoms with Gasteiger partial charge in [0.2, 0.25) is 0 Å². The van der Waals surface area contributed by atoms with Crippen LogP contribution in [-0.2, 0) is 9.53 Å². The predicted octanol–water partition coefficient (Wildman–Crippen LogP) is 1.81. The molecule has 1 amide bonds. The van der Waals surface area contributed by atoms with Crippen LogP contribution in [0.4, 0.5) is 0 Å². The summed E-state index contributed by atoms with van der Waals surface area (Å²) < 4.78 is 5.50. The smallest absolute Gasteiger partial charge is 0.257 e. The molecule has 6 nitrogen and oxygen atoms in total. The molecular formula is C18H21N3O3. The second kappa shape index (κ2) is 6.36. The molecular weight excluding hydrogens is 306 g/mol. The van der Waals surface area contributed by atoms with E-state index >= 15 is 0 Å². The van der Waals surface area contributed by atoms with E-state index < -0.39 is 0 Å². The molecule has 0 bridgehead atoms. The van der Waals surface area contributed by atoms with E-state index in [0.29, 0.717) is 25.1 Å². The molecule has 2 saturated heterocycles. The Hall–Kier alpha value is -2.21. The number of aromatic nitrogens is 2. The topological polar surface area (TPSA) is 75.3 Å². The van der Waals surface area contributed by atoms with Crippen molar-refractivity contribution in [2.75, 3.05) is 19.7 Å². The molecule has 1 N–H and O–H groups in total. The summed E-state index contributed by atoms with van der Waals surface area (Å²) in [6.07, 6.45) is 4.97. The van der Waals surface area contributed by atoms with Gasteiger partial charge in [0.1, 0.15) is 6.10 Å². The highest BCUT2D eigenvalue weighted by Crippen LogP contribution is 2.28. The fraction of sp³-hybridized carbons (Fsp3) is 0.500. The highest BCUT2D eigenvalue weighted by atomic mass is 16.5. The molecule has 2 aromatic rings. The minimum atomic E-state index is -0.244. The molecule has 0 radical (unpaired) electrons. The Labute approximate surface area is 139 Å². The lowest BCUT2D eigenvalue weighted by molar-refractivity contribution is -0.142. The van der Waals surface area contributed by atoms with Crippen LogP contribution < -0.4 is 5.56 Å². The van der Waals surface area contributed by atoms with Gasteiger partial charge in [0.15, 0.2) is 0 Å². The molecule has 2 aromatic heterocycles. The van der Waals surface area contributed by atoms with Crippen molar-refractivity contribution in [2.24, 2.45) is 0 Å². The molecule has 0 unspecified atom stereocenters. The van der Waals surface area contributed by atoms with Gasteiger partial charge >= 0.3 is 0 Å². The number of rotatable bonds is 2. The molecule has 2 aliphatic rings. The fourth-order valence-corrected chi connectivity index (χ4v) is 3.71. The molecule has 1 atom stereocenters. The van der Waals surface area contributed by atoms with Gasteiger partial charge in [-0.2, -0.15) is 0 Å². The number of carbonyl (C=O) groups is 1. The number of hydrogen-bond donors (Lipinski definition) is 1. The average molecular weight is 327 g/mol. The van der Waals surface area contributed by atoms with E-state index in [4.69, 9.17) is 4.74 Å². The zero-order valence-corrected chi connectivity index (χ0v) is 13.5. The zero-order chi connectivity index (χ0) is 16.5. The minimum Gasteiger partial charge on any atom is -0.368 e. The number of piperidine rings is 1. The van der Waals surface area contributed by atoms with Crippen molar-refractivity contribution in [3.8, 4) is 0 Å². The Morgan fingerprint density at radius 1 is 1.29 bits per heavy atom. The predicted molar refractivity (Wildman–Crippen MR) is 89.9 cm³/mol. The third kappa shape index (κ3) is 2.82. The van der Waals surface area contributed by atoms with Crippen LogP contribution in [-0.4, -0.2) is 46.6 Å². The third-order valence-corrected chi connectivity index (χ3v) is 5.08. The normalized spacial score (nSPS) is 22.2. The Bertz CT molecular complexity index is 803. The molecule has 0 aliphatic carbocycles. The average Bonchev–Trinajstić information content (AvgIpc) is 3.16. The van der Waals surface area contributed by atoms with Gasteiger partial charge in [-0.05, 0) is 43.9 Å². The number of H-pyrrole nitrogens is 1. The molecule has 4 heterocycles. The maximum absolute atomic E-state index is 12.4. The summed E-state index contributed by atoms with van der Waals surface area (Å²) in [5.41, 5.74) is 1.57. The van der Waals surface area contributed by atoms with Crippen LogP contribution in [0.1, 0.15) is 37.3 Å². The summed E-state index contributed by atoms with van der Waals surface area (Å²) in [5, 5.41) is 0.618. The maximum atomic E-state index is 12.4. The molecule has 2 aliphatic heterocycles. The van der Waals surface area contributed by atoms with Crippen molar-refractivity contribution >= 4 is 16.8 Å². The number of amides is 1. The van der Waals surface area contributed by atoms with E-state index in [0.717, 1.165) is 36.9 Å². The number of carbonyl (C=O) groups excluding carboxylic acids is 1. The van der Waals surface area contributed by atoms with Crippen molar-refractivity contribution in [3.63, 3.8) is 0 Å². The van der Waals surface area contributed by atoms with Gasteiger partial charge in [0, 0.05) is 37.5 Å². The van der Waals surface area contributed by atoms with Crippen molar-refractivity contribution in [1.29, 1.82) is 0 Å². The number of likely N-dealkylation sites (tertiary alicyclic amines) is 1. The van der Waals surface area contributed by atoms with Crippen molar-refractivity contribution in [1.82, 2.24) is 14.9 Å². The van der Waals surface area contributed by atoms with E-state index in [1.54, 1.807) is 18.3 Å². The maximum Gasteiger partial charge on any atom is 0.257 e. The van der Waals surface area contributed by atoms with E-state index in [1.807, 2.05) is 11.0 Å². The van der Waals surface area contributed by atoms with Crippen molar-refractivity contribution < 1.29 is 9.53 Å². The first-order chi connectivity index (χ1) is 11.7. The van der Waals surface area contributed by atoms with Gasteiger partial charge < -0.3 is 14.6 Å². The highest BCUT2D eigenvalue weighted by molar-refractivity contribution is 5.81. The summed E-state index contributed by atoms with van der Waals surface area (Å²) in [7, 11) is 0. The number of ether oxygens (including phenoxy) is 1. The number of nitrogens with zero attached hydrogens (tertiary/aromatic N) is 2. The van der Waals surface area contributed by atoms with Gasteiger partial charge in [0.25, 0.3) is 11.5 Å². The number of fused-ring (bicyclic) bond motifs is 1. The van der Waals surface area contributed by atoms with Crippen molar-refractivity contribution in [2.45, 2.75) is 37.7 Å². The van der Waals surface area contributed by atoms with Gasteiger partial charge in [0.05, 0.1) is 10.9 Å². The lowest BCUT2D eigenvalue weighted by Gasteiger charge is -2.33. The molecule has 126 valence electrons. The Balaban J connectivity index is 1.48. The highest BCUT2D eigenvalue weighted by Gasteiger charge is 2.31. The lowest BCUT2D eigenvalue weighted by atomic mass is 9.92. The minimum absolute atomic E-state index is 0.0894. The molecule has 0 saturated carbocycles. The summed E-state index contributed by atoms with van der Waals surface area (Å²) in [6, 6.07) is 5.53. The third-order valence-electron chi connectivity index (χ3n) is 5.08. The summed E-state index contributed by atoms with van der Waals surface area (Å²) in [6.45, 7) is 2.12. The molecule has 24 heavy (non-hydrogen) atoms. The Morgan fingerprint density at radius 3 is 2.88 bits per heavy atom. The first kappa shape index (κ1) is 15.3. The lowest BCUT2D eigenvalue weighted by Crippen LogP contribution is -2.43. The Morgan fingerprint density at radius 2 is 2.12 bits per heavy atom. The van der Waals surface area contributed by atoms with Crippen molar-refractivity contribution in [3.05, 3.63) is 40.4 Å². The van der Waals surface area contributed by atoms with Gasteiger partial charge in [-0.3, -0.25) is 14.6 Å². The zero-order valence-electron chi connectivity index (χ0n) is 13.5. The molecule has 0 spiro atoms. The SMILES string of the molecule is O=C([C@H]1CCCO1)N1CCC(c2cc3ncccc3c(=O)[nH]2)CC1. The first-order valence-electron chi connectivity index (χ1n) is 8.61. The molecule has 2 fully saturated rings. The Kier molecular flexibility index (Phi) is 4.06. The number of nitrogens with one attached hydrogen (secondary N) is 1. The summed E-state index contributed by atoms with van der Waals surface area (Å²) >= 11 is 0. The van der Waals surface area contributed by atoms with Crippen LogP contribution in [0.25, 0.3) is 10.9 Å². The number of hydrogen-bond acceptors (Lipinski definition) is 4. The summed E-state index contributed by atoms with van der Waals surface area (Å²) in [5.74, 6) is 0.386. The van der Waals surface area contributed by atoms with E-state index in [1.165, 1.54) is 0 Å². The first-order valence-corrected chi connectivity index (χ1v) is 8.61. The number of pyridine rings is 2. The summed E-state index contributed by atoms with van der Waals surface area (Å²) in [4.78, 5) is 33.8. The van der Waals surface area contributed by atoms with Crippen LogP contribution in [0.15, 0.2) is 29.2 Å². The van der Waals surface area contributed by atoms with Gasteiger partial charge in [-0.25, -0.2) is 0 Å². The van der Waals surface area contributed by atoms with E-state index in [2.05, 4.69) is 9.97 Å². The standard InChI is InChI=1S/C18H21N3O3/c22-17-13-3-1-7-19-15(13)11-14(20-17)12-5-8-21(9-6-12)18(23)16-4-2-10-24-16/h1,3,7,11-12,16H,2,4-6,8-10H2,(H,20,22)/t16-/m1/s1. The second-order valence-electron chi connectivity index (χ2n) is 6.59. The van der Waals surface area contributed by atoms with Crippen LogP contribution in [0.5, 0.6) is 0 Å². The fourth-order valence-electron chi connectivity index (χ4n) is 3.71. The van der Waals surface area contributed by atoms with Crippen LogP contribution in [0, 0.1) is 0 Å². The van der Waals surface area contributed by atoms with Crippen LogP contribution in [0.2, 0.25) is 0 Å². The monoisotopic (exact) mass is 327 g/mol. The molecule has 0 aromatic carbocycles. The second-order valence-corrected chi connectivity index (χ2v) is 6.59. The van der Waals surface area contributed by atoms with E-state index in [9.17, 15) is 9.59 Å². The van der Waals surface area contributed by atoms with Gasteiger partial charge in [-0.1, -0.05) is 0 Å². The van der Waals surface area contributed by atoms with E-state index in [-0.39, 0.29) is 23.5 Å².